The second-order valence-corrected chi connectivity index (χ2v) is 4.25. The van der Waals surface area contributed by atoms with Crippen LogP contribution in [0.5, 0.6) is 5.75 Å². The van der Waals surface area contributed by atoms with Gasteiger partial charge in [0.1, 0.15) is 11.4 Å². The molecule has 2 aromatic rings. The zero-order valence-corrected chi connectivity index (χ0v) is 10.3. The molecule has 0 aliphatic carbocycles. The normalized spacial score (nSPS) is 10.6. The largest absolute Gasteiger partial charge is 0.506 e. The number of hydrogen-bond donors (Lipinski definition) is 2. The first-order chi connectivity index (χ1) is 8.52. The molecule has 0 aliphatic rings. The Morgan fingerprint density at radius 1 is 1.39 bits per heavy atom. The lowest BCUT2D eigenvalue weighted by Gasteiger charge is -2.10. The Labute approximate surface area is 108 Å². The summed E-state index contributed by atoms with van der Waals surface area (Å²) in [4.78, 5) is 11.8. The first-order valence-electron chi connectivity index (χ1n) is 5.22. The lowest BCUT2D eigenvalue weighted by Crippen LogP contribution is -2.22. The molecule has 0 aliphatic heterocycles. The van der Waals surface area contributed by atoms with Crippen LogP contribution in [0, 0.1) is 6.92 Å². The van der Waals surface area contributed by atoms with Crippen LogP contribution >= 0.6 is 11.6 Å². The standard InChI is InChI=1S/C12H11ClN2O3/c1-7-2-3-8(13)4-10(7)15-12(18)5-11(17)9(6-16)14-15/h2-5,16-17H,6H2,1H3. The van der Waals surface area contributed by atoms with Crippen LogP contribution in [-0.4, -0.2) is 20.0 Å². The van der Waals surface area contributed by atoms with Crippen molar-refractivity contribution in [3.05, 3.63) is 50.9 Å². The Morgan fingerprint density at radius 3 is 2.78 bits per heavy atom. The van der Waals surface area contributed by atoms with Gasteiger partial charge < -0.3 is 10.2 Å². The third kappa shape index (κ3) is 2.23. The Hall–Kier alpha value is -1.85. The quantitative estimate of drug-likeness (QED) is 0.861. The zero-order valence-electron chi connectivity index (χ0n) is 9.59. The predicted molar refractivity (Wildman–Crippen MR) is 67.2 cm³/mol. The van der Waals surface area contributed by atoms with Crippen LogP contribution in [0.3, 0.4) is 0 Å². The topological polar surface area (TPSA) is 75.3 Å². The van der Waals surface area contributed by atoms with Crippen LogP contribution in [0.4, 0.5) is 0 Å². The number of halogens is 1. The maximum Gasteiger partial charge on any atom is 0.275 e. The van der Waals surface area contributed by atoms with Crippen molar-refractivity contribution in [2.45, 2.75) is 13.5 Å². The minimum Gasteiger partial charge on any atom is -0.506 e. The van der Waals surface area contributed by atoms with Gasteiger partial charge in [-0.15, -0.1) is 0 Å². The van der Waals surface area contributed by atoms with Crippen LogP contribution in [0.25, 0.3) is 5.69 Å². The van der Waals surface area contributed by atoms with E-state index in [2.05, 4.69) is 5.10 Å². The van der Waals surface area contributed by atoms with E-state index in [9.17, 15) is 9.90 Å². The molecule has 18 heavy (non-hydrogen) atoms. The molecule has 2 rings (SSSR count). The average Bonchev–Trinajstić information content (AvgIpc) is 2.33. The van der Waals surface area contributed by atoms with E-state index in [0.29, 0.717) is 10.7 Å². The van der Waals surface area contributed by atoms with E-state index in [-0.39, 0.29) is 11.4 Å². The molecule has 0 fully saturated rings. The van der Waals surface area contributed by atoms with Gasteiger partial charge in [0, 0.05) is 11.1 Å². The van der Waals surface area contributed by atoms with Gasteiger partial charge in [0.2, 0.25) is 0 Å². The van der Waals surface area contributed by atoms with Gasteiger partial charge in [-0.2, -0.15) is 9.78 Å². The smallest absolute Gasteiger partial charge is 0.275 e. The van der Waals surface area contributed by atoms with E-state index >= 15 is 0 Å². The van der Waals surface area contributed by atoms with Crippen molar-refractivity contribution < 1.29 is 10.2 Å². The molecule has 5 nitrogen and oxygen atoms in total. The SMILES string of the molecule is Cc1ccc(Cl)cc1-n1nc(CO)c(O)cc1=O. The predicted octanol–water partition coefficient (Wildman–Crippen LogP) is 1.39. The fourth-order valence-corrected chi connectivity index (χ4v) is 1.74. The fraction of sp³-hybridized carbons (Fsp3) is 0.167. The number of aliphatic hydroxyl groups excluding tert-OH is 1. The maximum absolute atomic E-state index is 11.8. The molecule has 0 radical (unpaired) electrons. The van der Waals surface area contributed by atoms with E-state index in [0.717, 1.165) is 16.3 Å². The van der Waals surface area contributed by atoms with Gasteiger partial charge in [-0.05, 0) is 24.6 Å². The molecule has 1 aromatic heterocycles. The highest BCUT2D eigenvalue weighted by Crippen LogP contribution is 2.19. The molecule has 0 saturated carbocycles. The Kier molecular flexibility index (Phi) is 3.36. The monoisotopic (exact) mass is 266 g/mol. The van der Waals surface area contributed by atoms with Gasteiger partial charge in [-0.1, -0.05) is 17.7 Å². The number of hydrogen-bond acceptors (Lipinski definition) is 4. The summed E-state index contributed by atoms with van der Waals surface area (Å²) in [5, 5.41) is 22.8. The summed E-state index contributed by atoms with van der Waals surface area (Å²) < 4.78 is 1.10. The van der Waals surface area contributed by atoms with Crippen LogP contribution in [0.15, 0.2) is 29.1 Å². The highest BCUT2D eigenvalue weighted by molar-refractivity contribution is 6.30. The maximum atomic E-state index is 11.8. The van der Waals surface area contributed by atoms with Crippen LogP contribution in [0.1, 0.15) is 11.3 Å². The van der Waals surface area contributed by atoms with Crippen LogP contribution in [-0.2, 0) is 6.61 Å². The fourth-order valence-electron chi connectivity index (χ4n) is 1.58. The number of aromatic hydroxyl groups is 1. The first kappa shape index (κ1) is 12.6. The first-order valence-corrected chi connectivity index (χ1v) is 5.60. The van der Waals surface area contributed by atoms with Gasteiger partial charge in [0.05, 0.1) is 12.3 Å². The molecule has 0 unspecified atom stereocenters. The second-order valence-electron chi connectivity index (χ2n) is 3.82. The average molecular weight is 267 g/mol. The van der Waals surface area contributed by atoms with E-state index < -0.39 is 12.2 Å². The summed E-state index contributed by atoms with van der Waals surface area (Å²) in [5.74, 6) is -0.321. The van der Waals surface area contributed by atoms with Gasteiger partial charge in [0.15, 0.2) is 0 Å². The highest BCUT2D eigenvalue weighted by atomic mass is 35.5. The van der Waals surface area contributed by atoms with Crippen molar-refractivity contribution in [2.24, 2.45) is 0 Å². The van der Waals surface area contributed by atoms with Gasteiger partial charge in [-0.25, -0.2) is 0 Å². The van der Waals surface area contributed by atoms with Gasteiger partial charge in [-0.3, -0.25) is 4.79 Å². The molecule has 2 N–H and O–H groups in total. The molecule has 1 aromatic carbocycles. The van der Waals surface area contributed by atoms with Crippen molar-refractivity contribution in [1.82, 2.24) is 9.78 Å². The third-order valence-corrected chi connectivity index (χ3v) is 2.77. The summed E-state index contributed by atoms with van der Waals surface area (Å²) in [5.41, 5.74) is 0.870. The molecule has 6 heteroatoms. The summed E-state index contributed by atoms with van der Waals surface area (Å²) in [7, 11) is 0. The molecule has 0 spiro atoms. The second kappa shape index (κ2) is 4.80. The van der Waals surface area contributed by atoms with Crippen LogP contribution in [0.2, 0.25) is 5.02 Å². The van der Waals surface area contributed by atoms with E-state index in [4.69, 9.17) is 16.7 Å². The number of rotatable bonds is 2. The number of aliphatic hydroxyl groups is 1. The Balaban J connectivity index is 2.71. The lowest BCUT2D eigenvalue weighted by atomic mass is 10.2. The number of aromatic nitrogens is 2. The van der Waals surface area contributed by atoms with Gasteiger partial charge in [0.25, 0.3) is 5.56 Å². The van der Waals surface area contributed by atoms with Crippen molar-refractivity contribution >= 4 is 11.6 Å². The molecule has 0 bridgehead atoms. The summed E-state index contributed by atoms with van der Waals surface area (Å²) in [6.45, 7) is 1.36. The molecule has 0 saturated heterocycles. The summed E-state index contributed by atoms with van der Waals surface area (Å²) >= 11 is 5.88. The molecule has 0 amide bonds. The third-order valence-electron chi connectivity index (χ3n) is 2.53. The van der Waals surface area contributed by atoms with Crippen molar-refractivity contribution in [1.29, 1.82) is 0 Å². The number of nitrogens with zero attached hydrogens (tertiary/aromatic N) is 2. The van der Waals surface area contributed by atoms with Gasteiger partial charge >= 0.3 is 0 Å². The minimum atomic E-state index is -0.491. The van der Waals surface area contributed by atoms with E-state index in [1.165, 1.54) is 0 Å². The molecule has 1 heterocycles. The van der Waals surface area contributed by atoms with Crippen molar-refractivity contribution in [2.75, 3.05) is 0 Å². The molecule has 0 atom stereocenters. The lowest BCUT2D eigenvalue weighted by molar-refractivity contribution is 0.266. The molecular weight excluding hydrogens is 256 g/mol. The van der Waals surface area contributed by atoms with Crippen molar-refractivity contribution in [3.63, 3.8) is 0 Å². The molecule has 94 valence electrons. The van der Waals surface area contributed by atoms with E-state index in [1.807, 2.05) is 6.92 Å². The molecular formula is C12H11ClN2O3. The minimum absolute atomic E-state index is 0.0361. The Bertz CT molecular complexity index is 652. The van der Waals surface area contributed by atoms with Crippen LogP contribution < -0.4 is 5.56 Å². The summed E-state index contributed by atoms with van der Waals surface area (Å²) in [6.07, 6.45) is 0. The Morgan fingerprint density at radius 2 is 2.11 bits per heavy atom. The zero-order chi connectivity index (χ0) is 13.3. The number of aryl methyl sites for hydroxylation is 1. The summed E-state index contributed by atoms with van der Waals surface area (Å²) in [6, 6.07) is 6.08. The highest BCUT2D eigenvalue weighted by Gasteiger charge is 2.10. The number of benzene rings is 1. The van der Waals surface area contributed by atoms with Crippen molar-refractivity contribution in [3.8, 4) is 11.4 Å². The van der Waals surface area contributed by atoms with E-state index in [1.54, 1.807) is 18.2 Å².